The van der Waals surface area contributed by atoms with Gasteiger partial charge in [0, 0.05) is 0 Å². The van der Waals surface area contributed by atoms with E-state index in [0.717, 1.165) is 4.88 Å². The molecule has 3 heterocycles. The van der Waals surface area contributed by atoms with Crippen molar-refractivity contribution >= 4 is 45.2 Å². The molecule has 0 radical (unpaired) electrons. The van der Waals surface area contributed by atoms with Crippen LogP contribution in [0.25, 0.3) is 4.96 Å². The van der Waals surface area contributed by atoms with Gasteiger partial charge in [0.1, 0.15) is 5.69 Å². The highest BCUT2D eigenvalue weighted by molar-refractivity contribution is 8.01. The maximum Gasteiger partial charge on any atom is 0.296 e. The lowest BCUT2D eigenvalue weighted by molar-refractivity contribution is 0.102. The number of fused-ring (bicyclic) bond motifs is 1. The first kappa shape index (κ1) is 13.4. The zero-order chi connectivity index (χ0) is 14.1. The number of carbonyl (C=O) groups is 1. The second-order valence-corrected chi connectivity index (χ2v) is 6.97. The van der Waals surface area contributed by atoms with Gasteiger partial charge in [-0.25, -0.2) is 0 Å². The minimum Gasteiger partial charge on any atom is -0.292 e. The van der Waals surface area contributed by atoms with Crippen molar-refractivity contribution in [1.29, 1.82) is 0 Å². The van der Waals surface area contributed by atoms with E-state index in [1.54, 1.807) is 13.0 Å². The van der Waals surface area contributed by atoms with Crippen LogP contribution < -0.4 is 5.56 Å². The third kappa shape index (κ3) is 2.51. The molecule has 0 aromatic carbocycles. The normalized spacial score (nSPS) is 11.1. The van der Waals surface area contributed by atoms with Crippen LogP contribution in [-0.4, -0.2) is 31.3 Å². The van der Waals surface area contributed by atoms with E-state index in [1.807, 2.05) is 11.4 Å². The molecule has 9 heteroatoms. The van der Waals surface area contributed by atoms with Crippen LogP contribution in [0, 0.1) is 6.92 Å². The minimum atomic E-state index is -0.275. The fraction of sp³-hybridized carbons (Fsp3) is 0.182. The Labute approximate surface area is 125 Å². The quantitative estimate of drug-likeness (QED) is 0.539. The van der Waals surface area contributed by atoms with Crippen molar-refractivity contribution in [3.05, 3.63) is 38.4 Å². The maximum absolute atomic E-state index is 11.9. The highest BCUT2D eigenvalue weighted by Gasteiger charge is 2.12. The Balaban J connectivity index is 1.80. The Morgan fingerprint density at radius 2 is 2.30 bits per heavy atom. The highest BCUT2D eigenvalue weighted by Crippen LogP contribution is 2.24. The van der Waals surface area contributed by atoms with Crippen LogP contribution >= 0.6 is 34.4 Å². The number of ketones is 1. The van der Waals surface area contributed by atoms with Crippen LogP contribution in [0.3, 0.4) is 0 Å². The van der Waals surface area contributed by atoms with Gasteiger partial charge in [-0.05, 0) is 18.4 Å². The van der Waals surface area contributed by atoms with Gasteiger partial charge in [-0.1, -0.05) is 29.2 Å². The summed E-state index contributed by atoms with van der Waals surface area (Å²) in [4.78, 5) is 24.8. The van der Waals surface area contributed by atoms with Crippen molar-refractivity contribution in [3.8, 4) is 0 Å². The SMILES string of the molecule is Cc1nnc2sc(SCC(=O)c3cccs3)nn2c1=O. The van der Waals surface area contributed by atoms with E-state index in [9.17, 15) is 9.59 Å². The minimum absolute atomic E-state index is 0.0545. The van der Waals surface area contributed by atoms with Crippen LogP contribution in [0.5, 0.6) is 0 Å². The van der Waals surface area contributed by atoms with E-state index in [4.69, 9.17) is 0 Å². The maximum atomic E-state index is 11.9. The summed E-state index contributed by atoms with van der Waals surface area (Å²) in [6, 6.07) is 3.64. The fourth-order valence-corrected chi connectivity index (χ4v) is 3.98. The predicted octanol–water partition coefficient (Wildman–Crippen LogP) is 1.89. The Bertz CT molecular complexity index is 822. The van der Waals surface area contributed by atoms with Gasteiger partial charge in [-0.2, -0.15) is 4.52 Å². The molecule has 3 aromatic heterocycles. The molecular weight excluding hydrogens is 316 g/mol. The monoisotopic (exact) mass is 324 g/mol. The second-order valence-electron chi connectivity index (χ2n) is 3.84. The third-order valence-corrected chi connectivity index (χ3v) is 5.39. The zero-order valence-electron chi connectivity index (χ0n) is 10.3. The average Bonchev–Trinajstić information content (AvgIpc) is 3.09. The molecule has 6 nitrogen and oxygen atoms in total. The summed E-state index contributed by atoms with van der Waals surface area (Å²) in [6.45, 7) is 1.59. The van der Waals surface area contributed by atoms with Crippen molar-refractivity contribution in [1.82, 2.24) is 19.8 Å². The van der Waals surface area contributed by atoms with Crippen LogP contribution in [0.2, 0.25) is 0 Å². The largest absolute Gasteiger partial charge is 0.296 e. The average molecular weight is 324 g/mol. The summed E-state index contributed by atoms with van der Waals surface area (Å²) in [5.74, 6) is 0.348. The van der Waals surface area contributed by atoms with Gasteiger partial charge in [0.05, 0.1) is 10.6 Å². The van der Waals surface area contributed by atoms with E-state index in [2.05, 4.69) is 15.3 Å². The molecule has 3 aromatic rings. The molecule has 0 saturated carbocycles. The molecule has 20 heavy (non-hydrogen) atoms. The smallest absolute Gasteiger partial charge is 0.292 e. The Kier molecular flexibility index (Phi) is 3.64. The highest BCUT2D eigenvalue weighted by atomic mass is 32.2. The van der Waals surface area contributed by atoms with Crippen molar-refractivity contribution in [2.45, 2.75) is 11.3 Å². The number of aromatic nitrogens is 4. The van der Waals surface area contributed by atoms with E-state index in [0.29, 0.717) is 20.7 Å². The standard InChI is InChI=1S/C11H8N4O2S3/c1-6-9(17)15-10(13-12-6)20-11(14-15)19-5-7(16)8-3-2-4-18-8/h2-4H,5H2,1H3. The number of hydrogen-bond donors (Lipinski definition) is 0. The Morgan fingerprint density at radius 1 is 1.45 bits per heavy atom. The summed E-state index contributed by atoms with van der Waals surface area (Å²) in [5.41, 5.74) is 0.0293. The summed E-state index contributed by atoms with van der Waals surface area (Å²) in [5, 5.41) is 13.7. The number of rotatable bonds is 4. The van der Waals surface area contributed by atoms with Crippen molar-refractivity contribution < 1.29 is 4.79 Å². The lowest BCUT2D eigenvalue weighted by atomic mass is 10.4. The summed E-state index contributed by atoms with van der Waals surface area (Å²) in [6.07, 6.45) is 0. The van der Waals surface area contributed by atoms with Crippen molar-refractivity contribution in [3.63, 3.8) is 0 Å². The van der Waals surface area contributed by atoms with Gasteiger partial charge in [-0.3, -0.25) is 9.59 Å². The molecule has 0 aliphatic rings. The Hall–Kier alpha value is -1.58. The van der Waals surface area contributed by atoms with Gasteiger partial charge in [0.15, 0.2) is 10.1 Å². The van der Waals surface area contributed by atoms with Crippen LogP contribution in [0.1, 0.15) is 15.4 Å². The number of thiophene rings is 1. The number of Topliss-reactive ketones (excluding diaryl/α,β-unsaturated/α-hetero) is 1. The molecule has 0 fully saturated rings. The van der Waals surface area contributed by atoms with Crippen molar-refractivity contribution in [2.75, 3.05) is 5.75 Å². The third-order valence-electron chi connectivity index (χ3n) is 2.45. The van der Waals surface area contributed by atoms with E-state index < -0.39 is 0 Å². The molecule has 0 unspecified atom stereocenters. The fourth-order valence-electron chi connectivity index (χ4n) is 1.47. The molecule has 0 atom stereocenters. The lowest BCUT2D eigenvalue weighted by Crippen LogP contribution is -2.19. The molecule has 0 N–H and O–H groups in total. The van der Waals surface area contributed by atoms with Gasteiger partial charge in [0.25, 0.3) is 5.56 Å². The number of aryl methyl sites for hydroxylation is 1. The lowest BCUT2D eigenvalue weighted by Gasteiger charge is -1.94. The zero-order valence-corrected chi connectivity index (χ0v) is 12.7. The summed E-state index contributed by atoms with van der Waals surface area (Å²) in [7, 11) is 0. The van der Waals surface area contributed by atoms with E-state index in [1.165, 1.54) is 39.0 Å². The van der Waals surface area contributed by atoms with Gasteiger partial charge >= 0.3 is 0 Å². The number of thioether (sulfide) groups is 1. The number of nitrogens with zero attached hydrogens (tertiary/aromatic N) is 4. The second kappa shape index (κ2) is 5.43. The molecule has 0 bridgehead atoms. The molecule has 0 spiro atoms. The van der Waals surface area contributed by atoms with E-state index >= 15 is 0 Å². The number of carbonyl (C=O) groups excluding carboxylic acids is 1. The first-order valence-corrected chi connectivity index (χ1v) is 8.26. The first-order chi connectivity index (χ1) is 9.65. The van der Waals surface area contributed by atoms with Gasteiger partial charge in [-0.15, -0.1) is 26.6 Å². The van der Waals surface area contributed by atoms with E-state index in [-0.39, 0.29) is 11.3 Å². The topological polar surface area (TPSA) is 77.2 Å². The number of hydrogen-bond acceptors (Lipinski definition) is 8. The van der Waals surface area contributed by atoms with Crippen LogP contribution in [0.15, 0.2) is 26.6 Å². The summed E-state index contributed by atoms with van der Waals surface area (Å²) >= 11 is 3.97. The molecule has 0 aliphatic carbocycles. The van der Waals surface area contributed by atoms with Crippen LogP contribution in [-0.2, 0) is 0 Å². The molecule has 3 rings (SSSR count). The molecule has 0 aliphatic heterocycles. The van der Waals surface area contributed by atoms with Gasteiger partial charge < -0.3 is 0 Å². The molecular formula is C11H8N4O2S3. The van der Waals surface area contributed by atoms with Gasteiger partial charge in [0.2, 0.25) is 4.96 Å². The molecule has 0 amide bonds. The first-order valence-electron chi connectivity index (χ1n) is 5.58. The predicted molar refractivity (Wildman–Crippen MR) is 79.0 cm³/mol. The Morgan fingerprint density at radius 3 is 3.05 bits per heavy atom. The molecule has 0 saturated heterocycles. The van der Waals surface area contributed by atoms with Crippen LogP contribution in [0.4, 0.5) is 0 Å². The molecule has 102 valence electrons. The van der Waals surface area contributed by atoms with Crippen molar-refractivity contribution in [2.24, 2.45) is 0 Å². The summed E-state index contributed by atoms with van der Waals surface area (Å²) < 4.78 is 1.86.